The van der Waals surface area contributed by atoms with Gasteiger partial charge in [0, 0.05) is 5.92 Å². The smallest absolute Gasteiger partial charge is 0.264 e. The average Bonchev–Trinajstić information content (AvgIpc) is 2.45. The number of carbonyl (C=O) groups is 1. The normalized spacial score (nSPS) is 16.1. The van der Waals surface area contributed by atoms with Crippen LogP contribution in [-0.2, 0) is 30.4 Å². The lowest BCUT2D eigenvalue weighted by Gasteiger charge is -2.26. The van der Waals surface area contributed by atoms with E-state index in [4.69, 9.17) is 8.92 Å². The maximum atomic E-state index is 11.2. The second-order valence-corrected chi connectivity index (χ2v) is 6.60. The van der Waals surface area contributed by atoms with Crippen LogP contribution in [0.15, 0.2) is 30.3 Å². The van der Waals surface area contributed by atoms with E-state index in [-0.39, 0.29) is 5.92 Å². The number of ether oxygens (including phenoxy) is 1. The minimum Gasteiger partial charge on any atom is -0.366 e. The molecule has 0 amide bonds. The van der Waals surface area contributed by atoms with Crippen LogP contribution in [0, 0.1) is 5.92 Å². The summed E-state index contributed by atoms with van der Waals surface area (Å²) in [7, 11) is -3.56. The van der Waals surface area contributed by atoms with Gasteiger partial charge in [0.15, 0.2) is 0 Å². The zero-order valence-electron chi connectivity index (χ0n) is 12.6. The molecule has 6 heteroatoms. The third-order valence-corrected chi connectivity index (χ3v) is 3.82. The number of hydrogen-bond donors (Lipinski definition) is 0. The highest BCUT2D eigenvalue weighted by molar-refractivity contribution is 7.86. The molecule has 1 aromatic carbocycles. The van der Waals surface area contributed by atoms with Crippen LogP contribution in [-0.4, -0.2) is 33.2 Å². The van der Waals surface area contributed by atoms with E-state index in [1.165, 1.54) is 0 Å². The lowest BCUT2D eigenvalue weighted by Crippen LogP contribution is -2.35. The monoisotopic (exact) mass is 314 g/mol. The van der Waals surface area contributed by atoms with Gasteiger partial charge < -0.3 is 9.53 Å². The van der Waals surface area contributed by atoms with E-state index in [0.29, 0.717) is 19.3 Å². The predicted octanol–water partition coefficient (Wildman–Crippen LogP) is 2.16. The average molecular weight is 314 g/mol. The van der Waals surface area contributed by atoms with Crippen LogP contribution in [0.4, 0.5) is 0 Å². The Morgan fingerprint density at radius 2 is 1.86 bits per heavy atom. The molecule has 3 atom stereocenters. The molecule has 0 aromatic heterocycles. The Kier molecular flexibility index (Phi) is 7.01. The summed E-state index contributed by atoms with van der Waals surface area (Å²) in [5.41, 5.74) is 0.952. The lowest BCUT2D eigenvalue weighted by atomic mass is 9.97. The molecule has 0 unspecified atom stereocenters. The SMILES string of the molecule is CC[C@@H](OS(C)(=O)=O)[C@@H](C)[C@@H](C=O)OCc1ccccc1. The van der Waals surface area contributed by atoms with Crippen molar-refractivity contribution in [3.8, 4) is 0 Å². The lowest BCUT2D eigenvalue weighted by molar-refractivity contribution is -0.125. The Labute approximate surface area is 126 Å². The minimum absolute atomic E-state index is 0.296. The topological polar surface area (TPSA) is 69.7 Å². The van der Waals surface area contributed by atoms with E-state index in [1.807, 2.05) is 37.3 Å². The molecule has 1 aromatic rings. The molecule has 0 saturated heterocycles. The highest BCUT2D eigenvalue weighted by atomic mass is 32.2. The molecule has 21 heavy (non-hydrogen) atoms. The van der Waals surface area contributed by atoms with Gasteiger partial charge in [-0.3, -0.25) is 4.18 Å². The molecule has 0 spiro atoms. The molecule has 0 saturated carbocycles. The molecule has 0 aliphatic heterocycles. The van der Waals surface area contributed by atoms with Gasteiger partial charge in [-0.1, -0.05) is 44.2 Å². The molecule has 0 aliphatic carbocycles. The Bertz CT molecular complexity index is 526. The Morgan fingerprint density at radius 1 is 1.24 bits per heavy atom. The maximum Gasteiger partial charge on any atom is 0.264 e. The summed E-state index contributed by atoms with van der Waals surface area (Å²) in [4.78, 5) is 11.2. The highest BCUT2D eigenvalue weighted by Crippen LogP contribution is 2.19. The zero-order valence-corrected chi connectivity index (χ0v) is 13.4. The van der Waals surface area contributed by atoms with Crippen molar-refractivity contribution in [2.75, 3.05) is 6.26 Å². The molecular formula is C15H22O5S. The van der Waals surface area contributed by atoms with Gasteiger partial charge >= 0.3 is 0 Å². The summed E-state index contributed by atoms with van der Waals surface area (Å²) in [6.45, 7) is 3.86. The van der Waals surface area contributed by atoms with E-state index >= 15 is 0 Å². The van der Waals surface area contributed by atoms with Crippen molar-refractivity contribution >= 4 is 16.4 Å². The van der Waals surface area contributed by atoms with Crippen LogP contribution < -0.4 is 0 Å². The molecule has 0 heterocycles. The standard InChI is InChI=1S/C15H22O5S/c1-4-14(20-21(3,17)18)12(2)15(10-16)19-11-13-8-6-5-7-9-13/h5-10,12,14-15H,4,11H2,1-3H3/t12-,14-,15-/m1/s1. The van der Waals surface area contributed by atoms with Crippen molar-refractivity contribution in [3.63, 3.8) is 0 Å². The van der Waals surface area contributed by atoms with Crippen molar-refractivity contribution in [3.05, 3.63) is 35.9 Å². The molecule has 0 bridgehead atoms. The predicted molar refractivity (Wildman–Crippen MR) is 80.3 cm³/mol. The van der Waals surface area contributed by atoms with Crippen LogP contribution in [0.5, 0.6) is 0 Å². The molecule has 0 N–H and O–H groups in total. The summed E-state index contributed by atoms with van der Waals surface area (Å²) >= 11 is 0. The van der Waals surface area contributed by atoms with Gasteiger partial charge in [-0.25, -0.2) is 0 Å². The van der Waals surface area contributed by atoms with Gasteiger partial charge in [-0.15, -0.1) is 0 Å². The van der Waals surface area contributed by atoms with Gasteiger partial charge in [0.2, 0.25) is 0 Å². The van der Waals surface area contributed by atoms with E-state index in [9.17, 15) is 13.2 Å². The third-order valence-electron chi connectivity index (χ3n) is 3.22. The van der Waals surface area contributed by atoms with Crippen LogP contribution in [0.25, 0.3) is 0 Å². The first-order valence-electron chi connectivity index (χ1n) is 6.86. The number of rotatable bonds is 9. The van der Waals surface area contributed by atoms with Crippen molar-refractivity contribution in [2.45, 2.75) is 39.1 Å². The fraction of sp³-hybridized carbons (Fsp3) is 0.533. The molecule has 118 valence electrons. The summed E-state index contributed by atoms with van der Waals surface area (Å²) in [6, 6.07) is 9.48. The van der Waals surface area contributed by atoms with Crippen LogP contribution >= 0.6 is 0 Å². The second-order valence-electron chi connectivity index (χ2n) is 5.00. The molecule has 0 radical (unpaired) electrons. The first-order chi connectivity index (χ1) is 9.87. The first-order valence-corrected chi connectivity index (χ1v) is 8.68. The second kappa shape index (κ2) is 8.26. The Hall–Kier alpha value is -1.24. The van der Waals surface area contributed by atoms with Crippen LogP contribution in [0.2, 0.25) is 0 Å². The molecule has 5 nitrogen and oxygen atoms in total. The summed E-state index contributed by atoms with van der Waals surface area (Å²) in [5.74, 6) is -0.356. The summed E-state index contributed by atoms with van der Waals surface area (Å²) in [5, 5.41) is 0. The number of hydrogen-bond acceptors (Lipinski definition) is 5. The Balaban J connectivity index is 2.67. The largest absolute Gasteiger partial charge is 0.366 e. The quantitative estimate of drug-likeness (QED) is 0.516. The van der Waals surface area contributed by atoms with Crippen LogP contribution in [0.3, 0.4) is 0 Å². The van der Waals surface area contributed by atoms with Crippen LogP contribution in [0.1, 0.15) is 25.8 Å². The van der Waals surface area contributed by atoms with Gasteiger partial charge in [0.1, 0.15) is 12.4 Å². The molecule has 0 fully saturated rings. The van der Waals surface area contributed by atoms with Gasteiger partial charge in [0.05, 0.1) is 19.0 Å². The van der Waals surface area contributed by atoms with E-state index in [2.05, 4.69) is 0 Å². The first kappa shape index (κ1) is 17.8. The van der Waals surface area contributed by atoms with Gasteiger partial charge in [-0.2, -0.15) is 8.42 Å². The number of benzene rings is 1. The fourth-order valence-electron chi connectivity index (χ4n) is 2.05. The van der Waals surface area contributed by atoms with Crippen molar-refractivity contribution < 1.29 is 22.1 Å². The maximum absolute atomic E-state index is 11.2. The third kappa shape index (κ3) is 6.37. The van der Waals surface area contributed by atoms with Crippen molar-refractivity contribution in [1.82, 2.24) is 0 Å². The summed E-state index contributed by atoms with van der Waals surface area (Å²) in [6.07, 6.45) is 0.890. The Morgan fingerprint density at radius 3 is 2.33 bits per heavy atom. The zero-order chi connectivity index (χ0) is 15.9. The van der Waals surface area contributed by atoms with Crippen molar-refractivity contribution in [1.29, 1.82) is 0 Å². The molecule has 1 rings (SSSR count). The minimum atomic E-state index is -3.56. The molecular weight excluding hydrogens is 292 g/mol. The molecule has 0 aliphatic rings. The summed E-state index contributed by atoms with van der Waals surface area (Å²) < 4.78 is 33.1. The number of carbonyl (C=O) groups excluding carboxylic acids is 1. The number of aldehydes is 1. The highest BCUT2D eigenvalue weighted by Gasteiger charge is 2.28. The fourth-order valence-corrected chi connectivity index (χ4v) is 2.81. The van der Waals surface area contributed by atoms with Gasteiger partial charge in [-0.05, 0) is 12.0 Å². The van der Waals surface area contributed by atoms with Gasteiger partial charge in [0.25, 0.3) is 10.1 Å². The van der Waals surface area contributed by atoms with Crippen molar-refractivity contribution in [2.24, 2.45) is 5.92 Å². The van der Waals surface area contributed by atoms with E-state index in [0.717, 1.165) is 11.8 Å². The van der Waals surface area contributed by atoms with E-state index < -0.39 is 22.3 Å². The van der Waals surface area contributed by atoms with E-state index in [1.54, 1.807) is 6.92 Å².